The largest absolute Gasteiger partial charge is 0.434 e. The number of imidazole rings is 1. The van der Waals surface area contributed by atoms with E-state index in [-0.39, 0.29) is 5.95 Å². The molecular formula is C7H11N3O3. The summed E-state index contributed by atoms with van der Waals surface area (Å²) in [5, 5.41) is 10.4. The molecule has 0 N–H and O–H groups in total. The summed E-state index contributed by atoms with van der Waals surface area (Å²) in [5.74, 6) is -0.158. The first kappa shape index (κ1) is 9.66. The van der Waals surface area contributed by atoms with Crippen LogP contribution in [0.4, 0.5) is 5.95 Å². The van der Waals surface area contributed by atoms with E-state index in [2.05, 4.69) is 4.98 Å². The van der Waals surface area contributed by atoms with E-state index < -0.39 is 4.92 Å². The highest BCUT2D eigenvalue weighted by Gasteiger charge is 2.16. The van der Waals surface area contributed by atoms with Gasteiger partial charge in [-0.05, 0) is 11.8 Å². The fourth-order valence-corrected chi connectivity index (χ4v) is 0.944. The van der Waals surface area contributed by atoms with Crippen LogP contribution in [0.2, 0.25) is 0 Å². The van der Waals surface area contributed by atoms with E-state index in [9.17, 15) is 10.1 Å². The number of hydrogen-bond acceptors (Lipinski definition) is 4. The predicted octanol–water partition coefficient (Wildman–Crippen LogP) is 0.865. The SMILES string of the molecule is CCOCc1cnc([N+](=O)[O-])n1C. The molecule has 0 bridgehead atoms. The third kappa shape index (κ3) is 2.03. The Morgan fingerprint density at radius 2 is 2.46 bits per heavy atom. The van der Waals surface area contributed by atoms with Gasteiger partial charge in [0.05, 0.1) is 7.05 Å². The second kappa shape index (κ2) is 3.99. The smallest absolute Gasteiger partial charge is 0.390 e. The van der Waals surface area contributed by atoms with Gasteiger partial charge in [-0.25, -0.2) is 4.57 Å². The van der Waals surface area contributed by atoms with E-state index in [1.807, 2.05) is 6.92 Å². The van der Waals surface area contributed by atoms with E-state index in [4.69, 9.17) is 4.74 Å². The molecule has 0 aliphatic carbocycles. The normalized spacial score (nSPS) is 10.3. The molecule has 0 aliphatic rings. The van der Waals surface area contributed by atoms with Gasteiger partial charge in [-0.1, -0.05) is 4.98 Å². The molecule has 1 aromatic heterocycles. The summed E-state index contributed by atoms with van der Waals surface area (Å²) in [5.41, 5.74) is 0.702. The zero-order chi connectivity index (χ0) is 9.84. The van der Waals surface area contributed by atoms with Gasteiger partial charge < -0.3 is 14.9 Å². The van der Waals surface area contributed by atoms with Crippen molar-refractivity contribution in [2.24, 2.45) is 7.05 Å². The fraction of sp³-hybridized carbons (Fsp3) is 0.571. The van der Waals surface area contributed by atoms with Crippen molar-refractivity contribution in [3.8, 4) is 0 Å². The molecule has 0 saturated carbocycles. The van der Waals surface area contributed by atoms with E-state index in [0.717, 1.165) is 0 Å². The van der Waals surface area contributed by atoms with Gasteiger partial charge in [-0.2, -0.15) is 0 Å². The summed E-state index contributed by atoms with van der Waals surface area (Å²) in [4.78, 5) is 13.5. The zero-order valence-corrected chi connectivity index (χ0v) is 7.56. The second-order valence-electron chi connectivity index (χ2n) is 2.50. The van der Waals surface area contributed by atoms with Crippen LogP contribution in [0.3, 0.4) is 0 Å². The van der Waals surface area contributed by atoms with Gasteiger partial charge in [0.2, 0.25) is 0 Å². The van der Waals surface area contributed by atoms with Crippen molar-refractivity contribution in [1.82, 2.24) is 9.55 Å². The molecule has 0 aromatic carbocycles. The monoisotopic (exact) mass is 185 g/mol. The Morgan fingerprint density at radius 3 is 2.92 bits per heavy atom. The minimum absolute atomic E-state index is 0.158. The molecular weight excluding hydrogens is 174 g/mol. The van der Waals surface area contributed by atoms with Crippen molar-refractivity contribution in [3.63, 3.8) is 0 Å². The Hall–Kier alpha value is -1.43. The minimum Gasteiger partial charge on any atom is -0.390 e. The van der Waals surface area contributed by atoms with Crippen molar-refractivity contribution in [3.05, 3.63) is 22.0 Å². The molecule has 0 atom stereocenters. The summed E-state index contributed by atoms with van der Waals surface area (Å²) < 4.78 is 6.52. The zero-order valence-electron chi connectivity index (χ0n) is 7.56. The van der Waals surface area contributed by atoms with Crippen LogP contribution in [0.1, 0.15) is 12.6 Å². The molecule has 0 spiro atoms. The molecule has 6 nitrogen and oxygen atoms in total. The van der Waals surface area contributed by atoms with Crippen molar-refractivity contribution in [2.75, 3.05) is 6.61 Å². The van der Waals surface area contributed by atoms with Gasteiger partial charge in [0.15, 0.2) is 0 Å². The van der Waals surface area contributed by atoms with Gasteiger partial charge >= 0.3 is 5.95 Å². The number of nitro groups is 1. The lowest BCUT2D eigenvalue weighted by Crippen LogP contribution is -2.03. The van der Waals surface area contributed by atoms with Gasteiger partial charge in [0, 0.05) is 6.61 Å². The van der Waals surface area contributed by atoms with Crippen molar-refractivity contribution < 1.29 is 9.66 Å². The highest BCUT2D eigenvalue weighted by Crippen LogP contribution is 2.10. The lowest BCUT2D eigenvalue weighted by atomic mass is 10.5. The van der Waals surface area contributed by atoms with E-state index in [1.54, 1.807) is 7.05 Å². The molecule has 13 heavy (non-hydrogen) atoms. The van der Waals surface area contributed by atoms with Crippen LogP contribution in [-0.2, 0) is 18.4 Å². The average Bonchev–Trinajstić information content (AvgIpc) is 2.43. The Kier molecular flexibility index (Phi) is 2.97. The first-order valence-electron chi connectivity index (χ1n) is 3.89. The summed E-state index contributed by atoms with van der Waals surface area (Å²) in [6, 6.07) is 0. The Morgan fingerprint density at radius 1 is 1.77 bits per heavy atom. The van der Waals surface area contributed by atoms with E-state index in [0.29, 0.717) is 18.9 Å². The molecule has 1 heterocycles. The third-order valence-electron chi connectivity index (χ3n) is 1.68. The summed E-state index contributed by atoms with van der Waals surface area (Å²) >= 11 is 0. The van der Waals surface area contributed by atoms with E-state index >= 15 is 0 Å². The minimum atomic E-state index is -0.518. The first-order valence-corrected chi connectivity index (χ1v) is 3.89. The molecule has 0 unspecified atom stereocenters. The van der Waals surface area contributed by atoms with Gasteiger partial charge in [0.1, 0.15) is 18.5 Å². The van der Waals surface area contributed by atoms with Crippen molar-refractivity contribution >= 4 is 5.95 Å². The summed E-state index contributed by atoms with van der Waals surface area (Å²) in [7, 11) is 1.60. The van der Waals surface area contributed by atoms with E-state index in [1.165, 1.54) is 10.8 Å². The summed E-state index contributed by atoms with van der Waals surface area (Å²) in [6.07, 6.45) is 1.45. The van der Waals surface area contributed by atoms with Crippen LogP contribution in [0.15, 0.2) is 6.20 Å². The number of ether oxygens (including phenoxy) is 1. The number of nitrogens with zero attached hydrogens (tertiary/aromatic N) is 3. The number of rotatable bonds is 4. The van der Waals surface area contributed by atoms with Crippen molar-refractivity contribution in [2.45, 2.75) is 13.5 Å². The molecule has 6 heteroatoms. The van der Waals surface area contributed by atoms with Crippen LogP contribution in [0.25, 0.3) is 0 Å². The van der Waals surface area contributed by atoms with Crippen molar-refractivity contribution in [1.29, 1.82) is 0 Å². The van der Waals surface area contributed by atoms with Crippen LogP contribution in [-0.4, -0.2) is 21.1 Å². The Balaban J connectivity index is 2.80. The fourth-order valence-electron chi connectivity index (χ4n) is 0.944. The Bertz CT molecular complexity index is 308. The molecule has 0 fully saturated rings. The molecule has 1 rings (SSSR count). The van der Waals surface area contributed by atoms with Gasteiger partial charge in [-0.3, -0.25) is 0 Å². The van der Waals surface area contributed by atoms with Crippen LogP contribution >= 0.6 is 0 Å². The lowest BCUT2D eigenvalue weighted by Gasteiger charge is -1.99. The summed E-state index contributed by atoms with van der Waals surface area (Å²) in [6.45, 7) is 2.80. The molecule has 0 aliphatic heterocycles. The molecule has 0 radical (unpaired) electrons. The van der Waals surface area contributed by atoms with Crippen LogP contribution in [0, 0.1) is 10.1 Å². The van der Waals surface area contributed by atoms with Crippen LogP contribution < -0.4 is 0 Å². The second-order valence-corrected chi connectivity index (χ2v) is 2.50. The van der Waals surface area contributed by atoms with Crippen LogP contribution in [0.5, 0.6) is 0 Å². The number of hydrogen-bond donors (Lipinski definition) is 0. The maximum atomic E-state index is 10.4. The topological polar surface area (TPSA) is 70.2 Å². The molecule has 0 amide bonds. The standard InChI is InChI=1S/C7H11N3O3/c1-3-13-5-6-4-8-7(9(6)2)10(11)12/h4H,3,5H2,1-2H3. The maximum Gasteiger partial charge on any atom is 0.434 e. The quantitative estimate of drug-likeness (QED) is 0.515. The lowest BCUT2D eigenvalue weighted by molar-refractivity contribution is -0.396. The van der Waals surface area contributed by atoms with Gasteiger partial charge in [0.25, 0.3) is 0 Å². The Labute approximate surface area is 75.3 Å². The highest BCUT2D eigenvalue weighted by molar-refractivity contribution is 5.13. The molecule has 1 aromatic rings. The molecule has 72 valence electrons. The third-order valence-corrected chi connectivity index (χ3v) is 1.68. The average molecular weight is 185 g/mol. The van der Waals surface area contributed by atoms with Gasteiger partial charge in [-0.15, -0.1) is 0 Å². The molecule has 0 saturated heterocycles. The number of aromatic nitrogens is 2. The highest BCUT2D eigenvalue weighted by atomic mass is 16.6. The first-order chi connectivity index (χ1) is 6.16. The maximum absolute atomic E-state index is 10.4. The predicted molar refractivity (Wildman–Crippen MR) is 45.2 cm³/mol.